The Labute approximate surface area is 99.3 Å². The molecule has 16 heavy (non-hydrogen) atoms. The van der Waals surface area contributed by atoms with Gasteiger partial charge in [0.25, 0.3) is 0 Å². The van der Waals surface area contributed by atoms with E-state index in [2.05, 4.69) is 10.2 Å². The van der Waals surface area contributed by atoms with E-state index in [1.54, 1.807) is 0 Å². The second kappa shape index (κ2) is 10.0. The van der Waals surface area contributed by atoms with Crippen LogP contribution in [0.1, 0.15) is 19.8 Å². The Bertz CT molecular complexity index is 150. The fourth-order valence-electron chi connectivity index (χ4n) is 1.79. The zero-order chi connectivity index (χ0) is 11.5. The van der Waals surface area contributed by atoms with Crippen LogP contribution in [0.25, 0.3) is 0 Å². The van der Waals surface area contributed by atoms with Gasteiger partial charge in [0.05, 0.1) is 13.2 Å². The number of nitrogens with zero attached hydrogens (tertiary/aromatic N) is 1. The van der Waals surface area contributed by atoms with Crippen LogP contribution in [0, 0.1) is 0 Å². The third-order valence-corrected chi connectivity index (χ3v) is 2.80. The van der Waals surface area contributed by atoms with E-state index in [4.69, 9.17) is 9.47 Å². The van der Waals surface area contributed by atoms with Gasteiger partial charge in [0.2, 0.25) is 0 Å². The van der Waals surface area contributed by atoms with Gasteiger partial charge in [-0.05, 0) is 26.3 Å². The van der Waals surface area contributed by atoms with Crippen LogP contribution < -0.4 is 5.32 Å². The van der Waals surface area contributed by atoms with Gasteiger partial charge in [0.15, 0.2) is 0 Å². The van der Waals surface area contributed by atoms with Gasteiger partial charge in [-0.2, -0.15) is 0 Å². The van der Waals surface area contributed by atoms with Crippen LogP contribution in [-0.4, -0.2) is 64.1 Å². The molecular formula is C12H26N2O2. The fraction of sp³-hybridized carbons (Fsp3) is 1.00. The van der Waals surface area contributed by atoms with Crippen molar-refractivity contribution in [2.45, 2.75) is 19.8 Å². The van der Waals surface area contributed by atoms with Gasteiger partial charge in [-0.25, -0.2) is 0 Å². The normalized spacial score (nSPS) is 17.8. The largest absolute Gasteiger partial charge is 0.382 e. The number of hydrogen-bond donors (Lipinski definition) is 1. The maximum Gasteiger partial charge on any atom is 0.0594 e. The molecule has 0 saturated carbocycles. The Morgan fingerprint density at radius 2 is 2.00 bits per heavy atom. The second-order valence-corrected chi connectivity index (χ2v) is 4.11. The van der Waals surface area contributed by atoms with Crippen LogP contribution in [0.4, 0.5) is 0 Å². The summed E-state index contributed by atoms with van der Waals surface area (Å²) in [5, 5.41) is 3.47. The third kappa shape index (κ3) is 7.17. The summed E-state index contributed by atoms with van der Waals surface area (Å²) >= 11 is 0. The predicted molar refractivity (Wildman–Crippen MR) is 65.9 cm³/mol. The summed E-state index contributed by atoms with van der Waals surface area (Å²) in [4.78, 5) is 2.46. The van der Waals surface area contributed by atoms with Crippen LogP contribution in [0.15, 0.2) is 0 Å². The molecule has 1 rings (SSSR count). The number of nitrogens with one attached hydrogen (secondary N) is 1. The first-order valence-electron chi connectivity index (χ1n) is 6.52. The van der Waals surface area contributed by atoms with Crippen LogP contribution in [0.5, 0.6) is 0 Å². The highest BCUT2D eigenvalue weighted by Gasteiger charge is 2.08. The first-order chi connectivity index (χ1) is 7.93. The van der Waals surface area contributed by atoms with Crippen LogP contribution in [0.2, 0.25) is 0 Å². The second-order valence-electron chi connectivity index (χ2n) is 4.11. The van der Waals surface area contributed by atoms with Gasteiger partial charge in [-0.1, -0.05) is 0 Å². The lowest BCUT2D eigenvalue weighted by Gasteiger charge is -2.26. The highest BCUT2D eigenvalue weighted by atomic mass is 16.5. The maximum atomic E-state index is 5.31. The molecule has 4 heteroatoms. The lowest BCUT2D eigenvalue weighted by molar-refractivity contribution is 0.0384. The van der Waals surface area contributed by atoms with E-state index in [0.29, 0.717) is 0 Å². The van der Waals surface area contributed by atoms with Crippen molar-refractivity contribution in [1.82, 2.24) is 10.2 Å². The average molecular weight is 230 g/mol. The average Bonchev–Trinajstić information content (AvgIpc) is 2.34. The summed E-state index contributed by atoms with van der Waals surface area (Å²) in [7, 11) is 0. The van der Waals surface area contributed by atoms with Gasteiger partial charge < -0.3 is 14.8 Å². The van der Waals surface area contributed by atoms with E-state index < -0.39 is 0 Å². The van der Waals surface area contributed by atoms with Crippen LogP contribution in [0.3, 0.4) is 0 Å². The van der Waals surface area contributed by atoms with E-state index in [1.165, 1.54) is 12.8 Å². The molecule has 0 aliphatic carbocycles. The van der Waals surface area contributed by atoms with E-state index >= 15 is 0 Å². The lowest BCUT2D eigenvalue weighted by atomic mass is 10.3. The van der Waals surface area contributed by atoms with Crippen molar-refractivity contribution in [3.8, 4) is 0 Å². The zero-order valence-corrected chi connectivity index (χ0v) is 10.5. The summed E-state index contributed by atoms with van der Waals surface area (Å²) in [6, 6.07) is 0. The molecular weight excluding hydrogens is 204 g/mol. The van der Waals surface area contributed by atoms with E-state index in [9.17, 15) is 0 Å². The molecule has 1 heterocycles. The van der Waals surface area contributed by atoms with Crippen LogP contribution in [-0.2, 0) is 9.47 Å². The fourth-order valence-corrected chi connectivity index (χ4v) is 1.79. The molecule has 96 valence electrons. The van der Waals surface area contributed by atoms with Gasteiger partial charge in [-0.3, -0.25) is 4.90 Å². The minimum absolute atomic E-state index is 0.838. The molecule has 0 radical (unpaired) electrons. The van der Waals surface area contributed by atoms with Crippen molar-refractivity contribution < 1.29 is 9.47 Å². The van der Waals surface area contributed by atoms with Crippen molar-refractivity contribution in [2.24, 2.45) is 0 Å². The minimum Gasteiger partial charge on any atom is -0.382 e. The molecule has 1 N–H and O–H groups in total. The third-order valence-electron chi connectivity index (χ3n) is 2.80. The van der Waals surface area contributed by atoms with Gasteiger partial charge in [0.1, 0.15) is 0 Å². The lowest BCUT2D eigenvalue weighted by Crippen LogP contribution is -2.40. The molecule has 1 saturated heterocycles. The van der Waals surface area contributed by atoms with E-state index in [-0.39, 0.29) is 0 Å². The summed E-state index contributed by atoms with van der Waals surface area (Å²) < 4.78 is 10.6. The molecule has 0 unspecified atom stereocenters. The number of morpholine rings is 1. The molecule has 4 nitrogen and oxygen atoms in total. The molecule has 0 spiro atoms. The molecule has 0 atom stereocenters. The standard InChI is InChI=1S/C12H26N2O2/c1-2-15-10-4-3-5-13-6-7-14-8-11-16-12-9-14/h13H,2-12H2,1H3. The van der Waals surface area contributed by atoms with E-state index in [0.717, 1.165) is 59.2 Å². The van der Waals surface area contributed by atoms with Crippen molar-refractivity contribution in [1.29, 1.82) is 0 Å². The molecule has 0 bridgehead atoms. The van der Waals surface area contributed by atoms with Gasteiger partial charge in [0, 0.05) is 39.4 Å². The summed E-state index contributed by atoms with van der Waals surface area (Å²) in [5.74, 6) is 0. The topological polar surface area (TPSA) is 33.7 Å². The first kappa shape index (κ1) is 13.9. The summed E-state index contributed by atoms with van der Waals surface area (Å²) in [5.41, 5.74) is 0. The smallest absolute Gasteiger partial charge is 0.0594 e. The molecule has 1 aliphatic heterocycles. The predicted octanol–water partition coefficient (Wildman–Crippen LogP) is 0.725. The Kier molecular flexibility index (Phi) is 8.71. The Morgan fingerprint density at radius 3 is 2.75 bits per heavy atom. The Morgan fingerprint density at radius 1 is 1.19 bits per heavy atom. The molecule has 0 aromatic rings. The van der Waals surface area contributed by atoms with E-state index in [1.807, 2.05) is 6.92 Å². The number of ether oxygens (including phenoxy) is 2. The van der Waals surface area contributed by atoms with Crippen molar-refractivity contribution in [2.75, 3.05) is 59.2 Å². The van der Waals surface area contributed by atoms with Crippen molar-refractivity contribution in [3.63, 3.8) is 0 Å². The van der Waals surface area contributed by atoms with Crippen LogP contribution >= 0.6 is 0 Å². The zero-order valence-electron chi connectivity index (χ0n) is 10.5. The van der Waals surface area contributed by atoms with Crippen molar-refractivity contribution >= 4 is 0 Å². The van der Waals surface area contributed by atoms with Gasteiger partial charge in [-0.15, -0.1) is 0 Å². The maximum absolute atomic E-state index is 5.31. The Balaban J connectivity index is 1.77. The van der Waals surface area contributed by atoms with Crippen molar-refractivity contribution in [3.05, 3.63) is 0 Å². The quantitative estimate of drug-likeness (QED) is 0.592. The molecule has 0 aromatic heterocycles. The number of unbranched alkanes of at least 4 members (excludes halogenated alkanes) is 1. The molecule has 0 aromatic carbocycles. The molecule has 1 fully saturated rings. The summed E-state index contributed by atoms with van der Waals surface area (Å²) in [6.07, 6.45) is 2.38. The molecule has 1 aliphatic rings. The highest BCUT2D eigenvalue weighted by molar-refractivity contribution is 4.63. The minimum atomic E-state index is 0.838. The highest BCUT2D eigenvalue weighted by Crippen LogP contribution is 1.95. The van der Waals surface area contributed by atoms with Gasteiger partial charge >= 0.3 is 0 Å². The SMILES string of the molecule is CCOCCCCNCCN1CCOCC1. The molecule has 0 amide bonds. The summed E-state index contributed by atoms with van der Waals surface area (Å²) in [6.45, 7) is 11.1. The monoisotopic (exact) mass is 230 g/mol. The Hall–Kier alpha value is -0.160. The first-order valence-corrected chi connectivity index (χ1v) is 6.52. The number of hydrogen-bond acceptors (Lipinski definition) is 4. The number of rotatable bonds is 9.